The van der Waals surface area contributed by atoms with Crippen molar-refractivity contribution in [3.05, 3.63) is 83.5 Å². The van der Waals surface area contributed by atoms with E-state index in [9.17, 15) is 0 Å². The number of hydrogen-bond acceptors (Lipinski definition) is 0. The Morgan fingerprint density at radius 1 is 1.00 bits per heavy atom. The Bertz CT molecular complexity index is 810. The van der Waals surface area contributed by atoms with Crippen LogP contribution in [-0.2, 0) is 30.7 Å². The summed E-state index contributed by atoms with van der Waals surface area (Å²) in [6.45, 7) is 13.1. The average Bonchev–Trinajstić information content (AvgIpc) is 3.18. The summed E-state index contributed by atoms with van der Waals surface area (Å²) < 4.78 is 1.51. The van der Waals surface area contributed by atoms with Gasteiger partial charge in [-0.25, -0.2) is 6.08 Å². The van der Waals surface area contributed by atoms with E-state index in [0.29, 0.717) is 11.3 Å². The largest absolute Gasteiger partial charge is 1.00 e. The third kappa shape index (κ3) is 8.87. The summed E-state index contributed by atoms with van der Waals surface area (Å²) in [5.74, 6) is 0.522. The molecule has 0 radical (unpaired) electrons. The van der Waals surface area contributed by atoms with Gasteiger partial charge in [-0.05, 0) is 6.42 Å². The van der Waals surface area contributed by atoms with Gasteiger partial charge in [-0.15, -0.1) is 5.56 Å². The molecular formula is C26H30Cl2Zr-2. The fourth-order valence-electron chi connectivity index (χ4n) is 3.05. The summed E-state index contributed by atoms with van der Waals surface area (Å²) >= 11 is 1.55. The fourth-order valence-corrected chi connectivity index (χ4v) is 3.05. The van der Waals surface area contributed by atoms with Gasteiger partial charge in [-0.3, -0.25) is 6.08 Å². The molecule has 0 saturated heterocycles. The first-order chi connectivity index (χ1) is 12.7. The van der Waals surface area contributed by atoms with Crippen LogP contribution in [0.3, 0.4) is 0 Å². The molecular weight excluding hydrogens is 474 g/mol. The molecule has 0 nitrogen and oxygen atoms in total. The van der Waals surface area contributed by atoms with Crippen molar-refractivity contribution in [1.82, 2.24) is 0 Å². The van der Waals surface area contributed by atoms with Crippen molar-refractivity contribution in [1.29, 1.82) is 0 Å². The van der Waals surface area contributed by atoms with Crippen LogP contribution in [0.4, 0.5) is 0 Å². The molecule has 2 aliphatic carbocycles. The second kappa shape index (κ2) is 12.8. The van der Waals surface area contributed by atoms with E-state index < -0.39 is 0 Å². The van der Waals surface area contributed by atoms with Gasteiger partial charge in [0.1, 0.15) is 0 Å². The van der Waals surface area contributed by atoms with Crippen LogP contribution in [-0.4, -0.2) is 3.21 Å². The second-order valence-electron chi connectivity index (χ2n) is 8.37. The number of halogens is 2. The first kappa shape index (κ1) is 28.3. The van der Waals surface area contributed by atoms with Crippen molar-refractivity contribution in [3.8, 4) is 11.1 Å². The minimum absolute atomic E-state index is 0. The quantitative estimate of drug-likeness (QED) is 0.397. The maximum absolute atomic E-state index is 3.30. The Balaban J connectivity index is 0.000000443. The van der Waals surface area contributed by atoms with Gasteiger partial charge in [0.15, 0.2) is 0 Å². The van der Waals surface area contributed by atoms with E-state index in [4.69, 9.17) is 0 Å². The van der Waals surface area contributed by atoms with Crippen LogP contribution in [0.15, 0.2) is 60.2 Å². The summed E-state index contributed by atoms with van der Waals surface area (Å²) in [4.78, 5) is 0. The number of hydrogen-bond donors (Lipinski definition) is 0. The van der Waals surface area contributed by atoms with Gasteiger partial charge in [0.25, 0.3) is 0 Å². The third-order valence-corrected chi connectivity index (χ3v) is 4.41. The molecule has 1 atom stereocenters. The number of benzene rings is 2. The standard InChI is InChI=1S/C13H9.C10H15.C3H6.2ClH.Zr/c1-3-7-12-10(5-1)9-11-6-2-4-8-13(11)12;1-8-5-6-9(7-8)10(2,3)4;1-3-2;;;/h1-5,7-8H,9H2;6-8H,1-4H3;1-2H3;2*1H;/q2*-1;;;;+2/p-2. The zero-order valence-electron chi connectivity index (χ0n) is 18.2. The van der Waals surface area contributed by atoms with E-state index in [2.05, 4.69) is 102 Å². The molecule has 2 aliphatic rings. The Labute approximate surface area is 205 Å². The Kier molecular flexibility index (Phi) is 12.5. The van der Waals surface area contributed by atoms with Crippen LogP contribution >= 0.6 is 0 Å². The molecule has 0 N–H and O–H groups in total. The van der Waals surface area contributed by atoms with Gasteiger partial charge in [0.2, 0.25) is 0 Å². The molecule has 4 rings (SSSR count). The molecule has 3 heteroatoms. The molecule has 0 aromatic heterocycles. The van der Waals surface area contributed by atoms with Crippen molar-refractivity contribution in [2.24, 2.45) is 11.3 Å². The summed E-state index contributed by atoms with van der Waals surface area (Å²) in [7, 11) is 0. The van der Waals surface area contributed by atoms with Gasteiger partial charge < -0.3 is 24.8 Å². The predicted molar refractivity (Wildman–Crippen MR) is 114 cm³/mol. The topological polar surface area (TPSA) is 0 Å². The molecule has 0 heterocycles. The molecule has 0 fully saturated rings. The van der Waals surface area contributed by atoms with E-state index in [1.54, 1.807) is 24.2 Å². The van der Waals surface area contributed by atoms with E-state index in [1.807, 2.05) is 6.07 Å². The van der Waals surface area contributed by atoms with Crippen molar-refractivity contribution in [3.63, 3.8) is 0 Å². The SMILES string of the molecule is CC1[C-]=CC(C(C)(C)C)=C1.C[C](C)=[Zr+2].[Cl-].[Cl-].[c-]1cccc2c1Cc1ccccc1-2. The van der Waals surface area contributed by atoms with Gasteiger partial charge >= 0.3 is 41.3 Å². The van der Waals surface area contributed by atoms with Gasteiger partial charge in [-0.2, -0.15) is 41.5 Å². The molecule has 1 unspecified atom stereocenters. The summed E-state index contributed by atoms with van der Waals surface area (Å²) in [6, 6.07) is 18.1. The smallest absolute Gasteiger partial charge is 0.0253 e. The Morgan fingerprint density at radius 3 is 2.10 bits per heavy atom. The molecule has 0 saturated carbocycles. The first-order valence-electron chi connectivity index (χ1n) is 9.59. The predicted octanol–water partition coefficient (Wildman–Crippen LogP) is 0.779. The average molecular weight is 505 g/mol. The summed E-state index contributed by atoms with van der Waals surface area (Å²) in [5, 5.41) is 0. The van der Waals surface area contributed by atoms with Crippen LogP contribution in [0.2, 0.25) is 0 Å². The molecule has 154 valence electrons. The third-order valence-electron chi connectivity index (χ3n) is 4.41. The van der Waals surface area contributed by atoms with Crippen LogP contribution in [0, 0.1) is 23.5 Å². The first-order valence-corrected chi connectivity index (χ1v) is 10.8. The molecule has 0 spiro atoms. The molecule has 2 aromatic carbocycles. The zero-order valence-corrected chi connectivity index (χ0v) is 22.2. The molecule has 0 amide bonds. The molecule has 0 bridgehead atoms. The monoisotopic (exact) mass is 502 g/mol. The Hall–Kier alpha value is -0.747. The van der Waals surface area contributed by atoms with E-state index in [1.165, 1.54) is 31.0 Å². The van der Waals surface area contributed by atoms with Gasteiger partial charge in [-0.1, -0.05) is 74.4 Å². The van der Waals surface area contributed by atoms with Crippen molar-refractivity contribution >= 4 is 3.21 Å². The van der Waals surface area contributed by atoms with E-state index in [0.717, 1.165) is 6.42 Å². The Morgan fingerprint density at radius 2 is 1.59 bits per heavy atom. The molecule has 0 aliphatic heterocycles. The summed E-state index contributed by atoms with van der Waals surface area (Å²) in [5.41, 5.74) is 7.23. The van der Waals surface area contributed by atoms with Crippen LogP contribution < -0.4 is 24.8 Å². The molecule has 2 aromatic rings. The number of allylic oxidation sites excluding steroid dienone is 4. The maximum atomic E-state index is 3.30. The molecule has 29 heavy (non-hydrogen) atoms. The van der Waals surface area contributed by atoms with Gasteiger partial charge in [0, 0.05) is 0 Å². The summed E-state index contributed by atoms with van der Waals surface area (Å²) in [6.07, 6.45) is 8.70. The maximum Gasteiger partial charge on any atom is -0.0253 e. The van der Waals surface area contributed by atoms with E-state index in [-0.39, 0.29) is 24.8 Å². The normalized spacial score (nSPS) is 15.2. The zero-order chi connectivity index (χ0) is 20.0. The van der Waals surface area contributed by atoms with Crippen molar-refractivity contribution < 1.29 is 49.0 Å². The second-order valence-corrected chi connectivity index (χ2v) is 10.8. The van der Waals surface area contributed by atoms with E-state index >= 15 is 0 Å². The van der Waals surface area contributed by atoms with Crippen LogP contribution in [0.5, 0.6) is 0 Å². The number of rotatable bonds is 0. The fraction of sp³-hybridized carbons (Fsp3) is 0.346. The van der Waals surface area contributed by atoms with Crippen molar-refractivity contribution in [2.75, 3.05) is 0 Å². The number of fused-ring (bicyclic) bond motifs is 3. The van der Waals surface area contributed by atoms with Crippen LogP contribution in [0.25, 0.3) is 11.1 Å². The minimum atomic E-state index is 0. The van der Waals surface area contributed by atoms with Crippen LogP contribution in [0.1, 0.15) is 52.7 Å². The van der Waals surface area contributed by atoms with Crippen molar-refractivity contribution in [2.45, 2.75) is 48.0 Å². The van der Waals surface area contributed by atoms with Gasteiger partial charge in [0.05, 0.1) is 0 Å². The minimum Gasteiger partial charge on any atom is -1.00 e.